The van der Waals surface area contributed by atoms with E-state index in [1.807, 2.05) is 6.92 Å². The molecule has 0 spiro atoms. The number of ether oxygens (including phenoxy) is 1. The fraction of sp³-hybridized carbons (Fsp3) is 0.176. The Labute approximate surface area is 152 Å². The second kappa shape index (κ2) is 6.16. The van der Waals surface area contributed by atoms with Gasteiger partial charge in [-0.05, 0) is 24.6 Å². The van der Waals surface area contributed by atoms with Gasteiger partial charge in [-0.3, -0.25) is 9.78 Å². The molecule has 26 heavy (non-hydrogen) atoms. The number of aromatic nitrogens is 3. The van der Waals surface area contributed by atoms with E-state index in [-0.39, 0.29) is 17.0 Å². The Kier molecular flexibility index (Phi) is 3.82. The summed E-state index contributed by atoms with van der Waals surface area (Å²) < 4.78 is 6.39. The first kappa shape index (κ1) is 16.1. The van der Waals surface area contributed by atoms with Crippen LogP contribution in [0.25, 0.3) is 10.3 Å². The first-order chi connectivity index (χ1) is 12.6. The molecule has 0 saturated heterocycles. The average molecular weight is 366 g/mol. The van der Waals surface area contributed by atoms with Crippen molar-refractivity contribution in [2.75, 3.05) is 11.9 Å². The molecule has 8 nitrogen and oxygen atoms in total. The maximum atomic E-state index is 12.8. The van der Waals surface area contributed by atoms with Crippen molar-refractivity contribution in [2.45, 2.75) is 12.8 Å². The molecule has 1 atom stereocenters. The van der Waals surface area contributed by atoms with Crippen LogP contribution in [-0.2, 0) is 0 Å². The summed E-state index contributed by atoms with van der Waals surface area (Å²) in [6.07, 6.45) is 3.22. The molecule has 0 bridgehead atoms. The number of allylic oxidation sites excluding steroid dienone is 1. The maximum Gasteiger partial charge on any atom is 0.257 e. The Balaban J connectivity index is 2.03. The topological polar surface area (TPSA) is 130 Å². The van der Waals surface area contributed by atoms with Gasteiger partial charge in [-0.15, -0.1) is 0 Å². The summed E-state index contributed by atoms with van der Waals surface area (Å²) in [6, 6.07) is 5.59. The molecule has 0 radical (unpaired) electrons. The molecule has 9 heteroatoms. The zero-order valence-electron chi connectivity index (χ0n) is 13.7. The van der Waals surface area contributed by atoms with Gasteiger partial charge in [-0.25, -0.2) is 4.98 Å². The number of rotatable bonds is 3. The van der Waals surface area contributed by atoms with Gasteiger partial charge in [-0.2, -0.15) is 5.26 Å². The first-order valence-corrected chi connectivity index (χ1v) is 8.73. The average Bonchev–Trinajstić information content (AvgIpc) is 3.04. The number of hydrogen-bond donors (Lipinski definition) is 3. The van der Waals surface area contributed by atoms with E-state index in [4.69, 9.17) is 10.5 Å². The molecular weight excluding hydrogens is 352 g/mol. The molecule has 0 saturated carbocycles. The van der Waals surface area contributed by atoms with Crippen molar-refractivity contribution < 1.29 is 4.74 Å². The molecule has 3 aromatic heterocycles. The summed E-state index contributed by atoms with van der Waals surface area (Å²) >= 11 is 1.36. The zero-order chi connectivity index (χ0) is 18.3. The lowest BCUT2D eigenvalue weighted by atomic mass is 9.85. The molecule has 1 aliphatic heterocycles. The number of hydrogen-bond acceptors (Lipinski definition) is 8. The summed E-state index contributed by atoms with van der Waals surface area (Å²) in [5.41, 5.74) is 7.37. The third kappa shape index (κ3) is 2.39. The van der Waals surface area contributed by atoms with Crippen LogP contribution < -0.4 is 21.3 Å². The molecule has 0 amide bonds. The highest BCUT2D eigenvalue weighted by Gasteiger charge is 2.35. The highest BCUT2D eigenvalue weighted by Crippen LogP contribution is 2.44. The van der Waals surface area contributed by atoms with Crippen molar-refractivity contribution in [3.05, 3.63) is 57.5 Å². The van der Waals surface area contributed by atoms with Crippen LogP contribution >= 0.6 is 11.3 Å². The SMILES string of the molecule is CCNc1nc2[nH]c(=O)c3c(c2s1)OC(N)=C(C#N)C3c1ccncc1. The van der Waals surface area contributed by atoms with E-state index in [2.05, 4.69) is 26.3 Å². The molecule has 0 aromatic carbocycles. The number of nitrogens with one attached hydrogen (secondary N) is 2. The highest BCUT2D eigenvalue weighted by atomic mass is 32.1. The summed E-state index contributed by atoms with van der Waals surface area (Å²) in [5.74, 6) is -0.277. The monoisotopic (exact) mass is 366 g/mol. The van der Waals surface area contributed by atoms with Gasteiger partial charge in [-0.1, -0.05) is 11.3 Å². The van der Waals surface area contributed by atoms with Gasteiger partial charge in [0.25, 0.3) is 5.56 Å². The number of thiazole rings is 1. The van der Waals surface area contributed by atoms with Crippen LogP contribution in [0.15, 0.2) is 40.8 Å². The van der Waals surface area contributed by atoms with Crippen LogP contribution in [0.4, 0.5) is 5.13 Å². The van der Waals surface area contributed by atoms with Gasteiger partial charge >= 0.3 is 0 Å². The Bertz CT molecular complexity index is 1130. The molecule has 130 valence electrons. The second-order valence-corrected chi connectivity index (χ2v) is 6.63. The summed E-state index contributed by atoms with van der Waals surface area (Å²) in [5, 5.41) is 13.4. The lowest BCUT2D eigenvalue weighted by Gasteiger charge is -2.25. The van der Waals surface area contributed by atoms with Gasteiger partial charge < -0.3 is 20.8 Å². The molecular formula is C17H14N6O2S. The predicted octanol–water partition coefficient (Wildman–Crippen LogP) is 2.03. The number of anilines is 1. The number of nitrogens with zero attached hydrogens (tertiary/aromatic N) is 3. The zero-order valence-corrected chi connectivity index (χ0v) is 14.6. The minimum Gasteiger partial charge on any atom is -0.438 e. The van der Waals surface area contributed by atoms with Crippen molar-refractivity contribution in [1.82, 2.24) is 15.0 Å². The maximum absolute atomic E-state index is 12.8. The van der Waals surface area contributed by atoms with Gasteiger partial charge in [0.05, 0.1) is 11.5 Å². The normalized spacial score (nSPS) is 16.1. The lowest BCUT2D eigenvalue weighted by molar-refractivity contribution is 0.397. The van der Waals surface area contributed by atoms with Crippen LogP contribution in [0, 0.1) is 11.3 Å². The van der Waals surface area contributed by atoms with Crippen LogP contribution in [0.1, 0.15) is 24.0 Å². The van der Waals surface area contributed by atoms with Crippen molar-refractivity contribution in [3.63, 3.8) is 0 Å². The molecule has 4 rings (SSSR count). The minimum atomic E-state index is -0.621. The number of pyridine rings is 2. The Hall–Kier alpha value is -3.38. The number of fused-ring (bicyclic) bond motifs is 3. The van der Waals surface area contributed by atoms with Gasteiger partial charge in [0, 0.05) is 18.9 Å². The van der Waals surface area contributed by atoms with E-state index in [0.29, 0.717) is 33.3 Å². The molecule has 4 heterocycles. The van der Waals surface area contributed by atoms with Crippen molar-refractivity contribution in [1.29, 1.82) is 5.26 Å². The smallest absolute Gasteiger partial charge is 0.257 e. The predicted molar refractivity (Wildman–Crippen MR) is 97.9 cm³/mol. The van der Waals surface area contributed by atoms with E-state index < -0.39 is 5.92 Å². The number of H-pyrrole nitrogens is 1. The quantitative estimate of drug-likeness (QED) is 0.646. The molecule has 3 aromatic rings. The lowest BCUT2D eigenvalue weighted by Crippen LogP contribution is -2.27. The fourth-order valence-electron chi connectivity index (χ4n) is 3.01. The Morgan fingerprint density at radius 3 is 2.92 bits per heavy atom. The van der Waals surface area contributed by atoms with Crippen LogP contribution in [0.2, 0.25) is 0 Å². The first-order valence-electron chi connectivity index (χ1n) is 7.92. The van der Waals surface area contributed by atoms with E-state index >= 15 is 0 Å². The number of nitrogens with two attached hydrogens (primary N) is 1. The fourth-order valence-corrected chi connectivity index (χ4v) is 3.99. The van der Waals surface area contributed by atoms with Gasteiger partial charge in [0.2, 0.25) is 5.88 Å². The third-order valence-corrected chi connectivity index (χ3v) is 5.11. The second-order valence-electron chi connectivity index (χ2n) is 5.63. The molecule has 4 N–H and O–H groups in total. The number of nitriles is 1. The molecule has 0 aliphatic carbocycles. The van der Waals surface area contributed by atoms with Crippen LogP contribution in [0.3, 0.4) is 0 Å². The largest absolute Gasteiger partial charge is 0.438 e. The van der Waals surface area contributed by atoms with Crippen LogP contribution in [-0.4, -0.2) is 21.5 Å². The third-order valence-electron chi connectivity index (χ3n) is 4.10. The van der Waals surface area contributed by atoms with Crippen molar-refractivity contribution in [2.24, 2.45) is 5.73 Å². The van der Waals surface area contributed by atoms with Crippen LogP contribution in [0.5, 0.6) is 5.75 Å². The van der Waals surface area contributed by atoms with Crippen molar-refractivity contribution in [3.8, 4) is 11.8 Å². The minimum absolute atomic E-state index is 0.00730. The van der Waals surface area contributed by atoms with E-state index in [1.54, 1.807) is 24.5 Å². The standard InChI is InChI=1S/C17H14N6O2S/c1-2-21-17-23-15-13(26-17)12-11(16(24)22-15)10(8-3-5-20-6-4-8)9(7-18)14(19)25-12/h3-6,10H,2,19H2,1H3,(H2,21,22,23,24). The van der Waals surface area contributed by atoms with Crippen molar-refractivity contribution >= 4 is 26.8 Å². The molecule has 1 unspecified atom stereocenters. The Morgan fingerprint density at radius 2 is 2.23 bits per heavy atom. The van der Waals surface area contributed by atoms with E-state index in [1.165, 1.54) is 11.3 Å². The summed E-state index contributed by atoms with van der Waals surface area (Å²) in [4.78, 5) is 24.0. The Morgan fingerprint density at radius 1 is 1.46 bits per heavy atom. The summed E-state index contributed by atoms with van der Waals surface area (Å²) in [7, 11) is 0. The summed E-state index contributed by atoms with van der Waals surface area (Å²) in [6.45, 7) is 2.66. The molecule has 0 fully saturated rings. The van der Waals surface area contributed by atoms with Gasteiger partial charge in [0.15, 0.2) is 16.5 Å². The van der Waals surface area contributed by atoms with Gasteiger partial charge in [0.1, 0.15) is 16.3 Å². The highest BCUT2D eigenvalue weighted by molar-refractivity contribution is 7.22. The molecule has 1 aliphatic rings. The van der Waals surface area contributed by atoms with E-state index in [0.717, 1.165) is 5.56 Å². The number of aromatic amines is 1. The van der Waals surface area contributed by atoms with E-state index in [9.17, 15) is 10.1 Å².